The number of benzene rings is 1. The highest BCUT2D eigenvalue weighted by Gasteiger charge is 2.14. The molecule has 1 aromatic carbocycles. The summed E-state index contributed by atoms with van der Waals surface area (Å²) in [6, 6.07) is 12.4. The van der Waals surface area contributed by atoms with Gasteiger partial charge in [-0.3, -0.25) is 9.98 Å². The molecule has 5 nitrogen and oxygen atoms in total. The summed E-state index contributed by atoms with van der Waals surface area (Å²) in [6.07, 6.45) is 11.6. The van der Waals surface area contributed by atoms with Crippen molar-refractivity contribution in [1.29, 1.82) is 0 Å². The Hall–Kier alpha value is -2.73. The number of thiazole rings is 1. The van der Waals surface area contributed by atoms with Crippen molar-refractivity contribution in [1.82, 2.24) is 9.66 Å². The Balaban J connectivity index is 1.74. The minimum Gasteiger partial charge on any atom is -0.497 e. The highest BCUT2D eigenvalue weighted by Crippen LogP contribution is 2.24. The molecule has 0 N–H and O–H groups in total. The van der Waals surface area contributed by atoms with Gasteiger partial charge in [0.05, 0.1) is 25.1 Å². The summed E-state index contributed by atoms with van der Waals surface area (Å²) in [4.78, 5) is 10.1. The van der Waals surface area contributed by atoms with Gasteiger partial charge in [0.15, 0.2) is 0 Å². The van der Waals surface area contributed by atoms with Crippen LogP contribution in [0.3, 0.4) is 0 Å². The predicted molar refractivity (Wildman–Crippen MR) is 114 cm³/mol. The normalized spacial score (nSPS) is 16.0. The lowest BCUT2D eigenvalue weighted by Crippen LogP contribution is -2.19. The van der Waals surface area contributed by atoms with E-state index < -0.39 is 0 Å². The third kappa shape index (κ3) is 4.39. The predicted octanol–water partition coefficient (Wildman–Crippen LogP) is 4.74. The minimum atomic E-state index is 0.399. The van der Waals surface area contributed by atoms with E-state index in [4.69, 9.17) is 14.8 Å². The number of methoxy groups -OCH3 is 1. The van der Waals surface area contributed by atoms with Crippen molar-refractivity contribution in [2.75, 3.05) is 7.11 Å². The van der Waals surface area contributed by atoms with Crippen LogP contribution in [0.2, 0.25) is 0 Å². The van der Waals surface area contributed by atoms with Crippen LogP contribution in [-0.2, 0) is 0 Å². The van der Waals surface area contributed by atoms with E-state index in [2.05, 4.69) is 22.5 Å². The summed E-state index contributed by atoms with van der Waals surface area (Å²) in [5.74, 6) is 0.844. The van der Waals surface area contributed by atoms with Crippen molar-refractivity contribution in [2.24, 2.45) is 10.1 Å². The van der Waals surface area contributed by atoms with E-state index in [1.54, 1.807) is 30.8 Å². The topological polar surface area (TPSA) is 51.8 Å². The van der Waals surface area contributed by atoms with Crippen molar-refractivity contribution in [3.05, 3.63) is 64.5 Å². The lowest BCUT2D eigenvalue weighted by atomic mass is 9.96. The van der Waals surface area contributed by atoms with Gasteiger partial charge in [0.25, 0.3) is 0 Å². The van der Waals surface area contributed by atoms with Crippen molar-refractivity contribution in [3.63, 3.8) is 0 Å². The van der Waals surface area contributed by atoms with Crippen molar-refractivity contribution < 1.29 is 4.74 Å². The summed E-state index contributed by atoms with van der Waals surface area (Å²) in [5.41, 5.74) is 3.08. The van der Waals surface area contributed by atoms with Crippen LogP contribution in [0.5, 0.6) is 5.75 Å². The van der Waals surface area contributed by atoms with Gasteiger partial charge >= 0.3 is 0 Å². The van der Waals surface area contributed by atoms with Gasteiger partial charge in [0, 0.05) is 28.9 Å². The minimum absolute atomic E-state index is 0.399. The van der Waals surface area contributed by atoms with Crippen LogP contribution in [0.25, 0.3) is 11.3 Å². The van der Waals surface area contributed by atoms with Crippen molar-refractivity contribution >= 4 is 17.6 Å². The molecule has 144 valence electrons. The number of hydrogen-bond donors (Lipinski definition) is 0. The maximum Gasteiger partial charge on any atom is 0.206 e. The van der Waals surface area contributed by atoms with E-state index in [1.807, 2.05) is 35.2 Å². The first-order valence-corrected chi connectivity index (χ1v) is 10.5. The maximum absolute atomic E-state index is 5.29. The second kappa shape index (κ2) is 8.97. The quantitative estimate of drug-likeness (QED) is 0.589. The van der Waals surface area contributed by atoms with Crippen LogP contribution in [0.1, 0.15) is 37.7 Å². The summed E-state index contributed by atoms with van der Waals surface area (Å²) in [5, 5.41) is 6.89. The van der Waals surface area contributed by atoms with Crippen molar-refractivity contribution in [2.45, 2.75) is 38.1 Å². The lowest BCUT2D eigenvalue weighted by Gasteiger charge is -2.16. The van der Waals surface area contributed by atoms with E-state index in [1.165, 1.54) is 32.1 Å². The molecular formula is C22H24N4OS. The molecule has 0 unspecified atom stereocenters. The van der Waals surface area contributed by atoms with Crippen LogP contribution >= 0.6 is 11.3 Å². The van der Waals surface area contributed by atoms with Crippen LogP contribution < -0.4 is 9.54 Å². The molecule has 0 amide bonds. The number of rotatable bonds is 5. The Morgan fingerprint density at radius 1 is 1.14 bits per heavy atom. The molecule has 0 spiro atoms. The van der Waals surface area contributed by atoms with Crippen LogP contribution in [-0.4, -0.2) is 29.0 Å². The maximum atomic E-state index is 5.29. The summed E-state index contributed by atoms with van der Waals surface area (Å²) < 4.78 is 7.24. The SMILES string of the molecule is COc1ccc(-c2csc(=NC3CCCCC3)n2N=Cc2cccnc2)cc1. The Morgan fingerprint density at radius 3 is 2.68 bits per heavy atom. The number of ether oxygens (including phenoxy) is 1. The van der Waals surface area contributed by atoms with Crippen LogP contribution in [0.15, 0.2) is 64.3 Å². The second-order valence-corrected chi connectivity index (χ2v) is 7.73. The first-order valence-electron chi connectivity index (χ1n) is 9.67. The fourth-order valence-corrected chi connectivity index (χ4v) is 4.31. The fourth-order valence-electron chi connectivity index (χ4n) is 3.40. The molecule has 1 aliphatic rings. The Kier molecular flexibility index (Phi) is 5.97. The zero-order valence-corrected chi connectivity index (χ0v) is 16.8. The summed E-state index contributed by atoms with van der Waals surface area (Å²) in [6.45, 7) is 0. The van der Waals surface area contributed by atoms with Gasteiger partial charge in [-0.2, -0.15) is 5.10 Å². The number of aromatic nitrogens is 2. The van der Waals surface area contributed by atoms with Crippen molar-refractivity contribution in [3.8, 4) is 17.0 Å². The van der Waals surface area contributed by atoms with Gasteiger partial charge in [0.1, 0.15) is 5.75 Å². The molecule has 2 aromatic heterocycles. The smallest absolute Gasteiger partial charge is 0.206 e. The number of pyridine rings is 1. The molecule has 1 saturated carbocycles. The molecule has 0 bridgehead atoms. The molecule has 0 radical (unpaired) electrons. The third-order valence-electron chi connectivity index (χ3n) is 4.95. The third-order valence-corrected chi connectivity index (χ3v) is 5.78. The molecule has 1 aliphatic carbocycles. The molecule has 6 heteroatoms. The first kappa shape index (κ1) is 18.6. The molecule has 0 atom stereocenters. The molecular weight excluding hydrogens is 368 g/mol. The van der Waals surface area contributed by atoms with Gasteiger partial charge in [-0.1, -0.05) is 25.3 Å². The zero-order chi connectivity index (χ0) is 19.2. The average molecular weight is 393 g/mol. The van der Waals surface area contributed by atoms with Gasteiger partial charge in [0.2, 0.25) is 4.80 Å². The molecule has 28 heavy (non-hydrogen) atoms. The van der Waals surface area contributed by atoms with Crippen LogP contribution in [0.4, 0.5) is 0 Å². The molecule has 3 aromatic rings. The summed E-state index contributed by atoms with van der Waals surface area (Å²) in [7, 11) is 1.68. The number of nitrogens with zero attached hydrogens (tertiary/aromatic N) is 4. The monoisotopic (exact) mass is 392 g/mol. The first-order chi connectivity index (χ1) is 13.8. The molecule has 1 fully saturated rings. The highest BCUT2D eigenvalue weighted by atomic mass is 32.1. The van der Waals surface area contributed by atoms with Crippen LogP contribution in [0, 0.1) is 0 Å². The van der Waals surface area contributed by atoms with E-state index in [0.29, 0.717) is 6.04 Å². The fraction of sp³-hybridized carbons (Fsp3) is 0.318. The van der Waals surface area contributed by atoms with Gasteiger partial charge in [-0.25, -0.2) is 4.68 Å². The standard InChI is InChI=1S/C22H24N4OS/c1-27-20-11-9-18(10-12-20)21-16-28-22(25-19-7-3-2-4-8-19)26(21)24-15-17-6-5-13-23-14-17/h5-6,9-16,19H,2-4,7-8H2,1H3. The van der Waals surface area contributed by atoms with Gasteiger partial charge < -0.3 is 4.74 Å². The van der Waals surface area contributed by atoms with E-state index in [0.717, 1.165) is 27.4 Å². The van der Waals surface area contributed by atoms with Gasteiger partial charge in [-0.15, -0.1) is 11.3 Å². The van der Waals surface area contributed by atoms with E-state index in [9.17, 15) is 0 Å². The van der Waals surface area contributed by atoms with Gasteiger partial charge in [-0.05, 0) is 43.2 Å². The Labute approximate surface area is 169 Å². The Bertz CT molecular complexity index is 983. The largest absolute Gasteiger partial charge is 0.497 e. The molecule has 0 aliphatic heterocycles. The Morgan fingerprint density at radius 2 is 1.96 bits per heavy atom. The number of hydrogen-bond acceptors (Lipinski definition) is 5. The average Bonchev–Trinajstić information content (AvgIpc) is 3.16. The molecule has 0 saturated heterocycles. The molecule has 2 heterocycles. The highest BCUT2D eigenvalue weighted by molar-refractivity contribution is 7.07. The zero-order valence-electron chi connectivity index (χ0n) is 16.0. The molecule has 4 rings (SSSR count). The summed E-state index contributed by atoms with van der Waals surface area (Å²) >= 11 is 1.65. The second-order valence-electron chi connectivity index (χ2n) is 6.90. The van der Waals surface area contributed by atoms with E-state index >= 15 is 0 Å². The van der Waals surface area contributed by atoms with E-state index in [-0.39, 0.29) is 0 Å². The lowest BCUT2D eigenvalue weighted by molar-refractivity contribution is 0.415.